The van der Waals surface area contributed by atoms with E-state index < -0.39 is 15.6 Å². The molecule has 1 aromatic heterocycles. The molecule has 1 heterocycles. The lowest BCUT2D eigenvalue weighted by atomic mass is 9.74. The van der Waals surface area contributed by atoms with Crippen molar-refractivity contribution in [2.24, 2.45) is 11.7 Å². The summed E-state index contributed by atoms with van der Waals surface area (Å²) < 4.78 is 28.2. The van der Waals surface area contributed by atoms with E-state index in [-0.39, 0.29) is 18.3 Å². The van der Waals surface area contributed by atoms with Gasteiger partial charge in [0.15, 0.2) is 0 Å². The zero-order valence-corrected chi connectivity index (χ0v) is 14.3. The molecule has 0 amide bonds. The SMILES string of the molecule is Cc1ccc(S(=O)(=O)NC2(CN)CCCCC2C)s1.Cl. The minimum Gasteiger partial charge on any atom is -0.329 e. The quantitative estimate of drug-likeness (QED) is 0.886. The van der Waals surface area contributed by atoms with E-state index in [1.54, 1.807) is 6.07 Å². The predicted octanol–water partition coefficient (Wildman–Crippen LogP) is 2.66. The van der Waals surface area contributed by atoms with Crippen LogP contribution in [0.5, 0.6) is 0 Å². The maximum atomic E-state index is 12.5. The van der Waals surface area contributed by atoms with Gasteiger partial charge in [0.1, 0.15) is 4.21 Å². The molecule has 7 heteroatoms. The molecule has 3 N–H and O–H groups in total. The van der Waals surface area contributed by atoms with Crippen LogP contribution < -0.4 is 10.5 Å². The van der Waals surface area contributed by atoms with Gasteiger partial charge in [-0.15, -0.1) is 23.7 Å². The van der Waals surface area contributed by atoms with Crippen LogP contribution in [-0.2, 0) is 10.0 Å². The highest BCUT2D eigenvalue weighted by molar-refractivity contribution is 7.91. The Hall–Kier alpha value is -0.140. The number of nitrogens with one attached hydrogen (secondary N) is 1. The summed E-state index contributed by atoms with van der Waals surface area (Å²) in [6.45, 7) is 4.36. The highest BCUT2D eigenvalue weighted by Gasteiger charge is 2.40. The molecule has 1 aliphatic rings. The molecule has 2 unspecified atom stereocenters. The monoisotopic (exact) mass is 338 g/mol. The minimum absolute atomic E-state index is 0. The summed E-state index contributed by atoms with van der Waals surface area (Å²) in [5, 5.41) is 0. The number of sulfonamides is 1. The molecule has 1 aliphatic carbocycles. The number of hydrogen-bond acceptors (Lipinski definition) is 4. The molecule has 1 aromatic rings. The van der Waals surface area contributed by atoms with E-state index in [2.05, 4.69) is 11.6 Å². The molecule has 0 radical (unpaired) electrons. The van der Waals surface area contributed by atoms with Crippen LogP contribution in [0.25, 0.3) is 0 Å². The van der Waals surface area contributed by atoms with Crippen LogP contribution >= 0.6 is 23.7 Å². The third-order valence-electron chi connectivity index (χ3n) is 4.14. The maximum absolute atomic E-state index is 12.5. The average molecular weight is 339 g/mol. The first-order valence-electron chi connectivity index (χ1n) is 6.70. The fourth-order valence-corrected chi connectivity index (χ4v) is 5.60. The molecule has 1 saturated carbocycles. The van der Waals surface area contributed by atoms with Crippen molar-refractivity contribution in [1.82, 2.24) is 4.72 Å². The Kier molecular flexibility index (Phi) is 6.04. The molecule has 116 valence electrons. The third-order valence-corrected chi connectivity index (χ3v) is 7.18. The van der Waals surface area contributed by atoms with Crippen LogP contribution in [0.3, 0.4) is 0 Å². The summed E-state index contributed by atoms with van der Waals surface area (Å²) in [7, 11) is -3.45. The van der Waals surface area contributed by atoms with Gasteiger partial charge < -0.3 is 5.73 Å². The lowest BCUT2D eigenvalue weighted by Crippen LogP contribution is -2.58. The summed E-state index contributed by atoms with van der Waals surface area (Å²) in [6.07, 6.45) is 4.05. The van der Waals surface area contributed by atoms with Crippen molar-refractivity contribution in [1.29, 1.82) is 0 Å². The van der Waals surface area contributed by atoms with E-state index in [1.165, 1.54) is 11.3 Å². The number of hydrogen-bond donors (Lipinski definition) is 2. The number of nitrogens with two attached hydrogens (primary N) is 1. The van der Waals surface area contributed by atoms with Gasteiger partial charge >= 0.3 is 0 Å². The summed E-state index contributed by atoms with van der Waals surface area (Å²) in [5.41, 5.74) is 5.42. The van der Waals surface area contributed by atoms with Crippen LogP contribution in [0.1, 0.15) is 37.5 Å². The predicted molar refractivity (Wildman–Crippen MR) is 86.0 cm³/mol. The Morgan fingerprint density at radius 3 is 2.65 bits per heavy atom. The number of aryl methyl sites for hydroxylation is 1. The molecule has 2 atom stereocenters. The summed E-state index contributed by atoms with van der Waals surface area (Å²) in [6, 6.07) is 3.50. The van der Waals surface area contributed by atoms with Crippen molar-refractivity contribution in [2.45, 2.75) is 49.3 Å². The zero-order valence-electron chi connectivity index (χ0n) is 11.9. The van der Waals surface area contributed by atoms with Crippen LogP contribution in [0, 0.1) is 12.8 Å². The van der Waals surface area contributed by atoms with Gasteiger partial charge in [0.2, 0.25) is 0 Å². The Morgan fingerprint density at radius 1 is 1.45 bits per heavy atom. The van der Waals surface area contributed by atoms with Crippen LogP contribution in [-0.4, -0.2) is 20.5 Å². The number of rotatable bonds is 4. The fraction of sp³-hybridized carbons (Fsp3) is 0.692. The molecule has 0 aliphatic heterocycles. The van der Waals surface area contributed by atoms with E-state index in [1.807, 2.05) is 13.0 Å². The molecule has 20 heavy (non-hydrogen) atoms. The van der Waals surface area contributed by atoms with E-state index >= 15 is 0 Å². The topological polar surface area (TPSA) is 72.2 Å². The van der Waals surface area contributed by atoms with Crippen LogP contribution in [0.15, 0.2) is 16.3 Å². The smallest absolute Gasteiger partial charge is 0.250 e. The molecule has 4 nitrogen and oxygen atoms in total. The Labute approximate surface area is 131 Å². The Morgan fingerprint density at radius 2 is 2.15 bits per heavy atom. The molecule has 0 spiro atoms. The van der Waals surface area contributed by atoms with Crippen molar-refractivity contribution < 1.29 is 8.42 Å². The van der Waals surface area contributed by atoms with E-state index in [9.17, 15) is 8.42 Å². The number of halogens is 1. The second-order valence-electron chi connectivity index (χ2n) is 5.48. The van der Waals surface area contributed by atoms with Crippen molar-refractivity contribution in [3.8, 4) is 0 Å². The lowest BCUT2D eigenvalue weighted by Gasteiger charge is -2.42. The lowest BCUT2D eigenvalue weighted by molar-refractivity contribution is 0.191. The van der Waals surface area contributed by atoms with Crippen molar-refractivity contribution >= 4 is 33.8 Å². The van der Waals surface area contributed by atoms with Gasteiger partial charge in [-0.3, -0.25) is 0 Å². The molecular formula is C13H23ClN2O2S2. The Bertz CT molecular complexity index is 544. The zero-order chi connectivity index (χ0) is 14.1. The van der Waals surface area contributed by atoms with Crippen molar-refractivity contribution in [2.75, 3.05) is 6.54 Å². The molecular weight excluding hydrogens is 316 g/mol. The van der Waals surface area contributed by atoms with Crippen molar-refractivity contribution in [3.05, 3.63) is 17.0 Å². The summed E-state index contributed by atoms with van der Waals surface area (Å²) in [4.78, 5) is 0.999. The summed E-state index contributed by atoms with van der Waals surface area (Å²) >= 11 is 1.30. The highest BCUT2D eigenvalue weighted by atomic mass is 35.5. The van der Waals surface area contributed by atoms with Gasteiger partial charge in [-0.2, -0.15) is 0 Å². The van der Waals surface area contributed by atoms with Gasteiger partial charge in [-0.05, 0) is 37.8 Å². The second-order valence-corrected chi connectivity index (χ2v) is 8.67. The van der Waals surface area contributed by atoms with Gasteiger partial charge in [0.05, 0.1) is 0 Å². The van der Waals surface area contributed by atoms with E-state index in [0.717, 1.165) is 30.6 Å². The number of thiophene rings is 1. The first-order valence-corrected chi connectivity index (χ1v) is 9.00. The molecule has 2 rings (SSSR count). The largest absolute Gasteiger partial charge is 0.329 e. The van der Waals surface area contributed by atoms with Crippen LogP contribution in [0.4, 0.5) is 0 Å². The van der Waals surface area contributed by atoms with Gasteiger partial charge in [-0.25, -0.2) is 13.1 Å². The third kappa shape index (κ3) is 3.54. The van der Waals surface area contributed by atoms with E-state index in [4.69, 9.17) is 5.73 Å². The first-order chi connectivity index (χ1) is 8.89. The van der Waals surface area contributed by atoms with Gasteiger partial charge in [-0.1, -0.05) is 19.8 Å². The summed E-state index contributed by atoms with van der Waals surface area (Å²) in [5.74, 6) is 0.280. The van der Waals surface area contributed by atoms with Gasteiger partial charge in [0.25, 0.3) is 10.0 Å². The highest BCUT2D eigenvalue weighted by Crippen LogP contribution is 2.34. The molecule has 0 saturated heterocycles. The molecule has 0 aromatic carbocycles. The van der Waals surface area contributed by atoms with E-state index in [0.29, 0.717) is 10.8 Å². The fourth-order valence-electron chi connectivity index (χ4n) is 2.78. The second kappa shape index (κ2) is 6.75. The molecule has 1 fully saturated rings. The normalized spacial score (nSPS) is 27.1. The van der Waals surface area contributed by atoms with Gasteiger partial charge in [0, 0.05) is 17.0 Å². The Balaban J connectivity index is 0.00000200. The van der Waals surface area contributed by atoms with Crippen molar-refractivity contribution in [3.63, 3.8) is 0 Å². The molecule has 0 bridgehead atoms. The first kappa shape index (κ1) is 17.9. The van der Waals surface area contributed by atoms with Crippen LogP contribution in [0.2, 0.25) is 0 Å². The minimum atomic E-state index is -3.45. The average Bonchev–Trinajstić information content (AvgIpc) is 2.80. The maximum Gasteiger partial charge on any atom is 0.250 e. The standard InChI is InChI=1S/C13H22N2O2S2.ClH/c1-10-5-3-4-8-13(10,9-14)15-19(16,17)12-7-6-11(2)18-12;/h6-7,10,15H,3-5,8-9,14H2,1-2H3;1H.